The van der Waals surface area contributed by atoms with Crippen LogP contribution in [0.1, 0.15) is 34.6 Å². The molecule has 4 rings (SSSR count). The molecule has 0 bridgehead atoms. The van der Waals surface area contributed by atoms with Gasteiger partial charge in [0, 0.05) is 23.8 Å². The largest absolute Gasteiger partial charge is 0.324 e. The average molecular weight is 428 g/mol. The lowest BCUT2D eigenvalue weighted by Crippen LogP contribution is -2.24. The summed E-state index contributed by atoms with van der Waals surface area (Å²) >= 11 is 0. The van der Waals surface area contributed by atoms with Gasteiger partial charge in [0.1, 0.15) is 6.04 Å². The van der Waals surface area contributed by atoms with Crippen molar-refractivity contribution in [2.45, 2.75) is 26.8 Å². The van der Waals surface area contributed by atoms with Crippen molar-refractivity contribution in [2.75, 3.05) is 10.6 Å². The maximum Gasteiger partial charge on any atom is 0.259 e. The molecule has 0 aliphatic rings. The highest BCUT2D eigenvalue weighted by atomic mass is 16.2. The van der Waals surface area contributed by atoms with Crippen LogP contribution in [-0.2, 0) is 4.79 Å². The van der Waals surface area contributed by atoms with Gasteiger partial charge in [0.05, 0.1) is 23.1 Å². The Morgan fingerprint density at radius 1 is 0.938 bits per heavy atom. The topological polar surface area (TPSA) is 93.8 Å². The summed E-state index contributed by atoms with van der Waals surface area (Å²) in [6, 6.07) is 16.3. The minimum Gasteiger partial charge on any atom is -0.324 e. The lowest BCUT2D eigenvalue weighted by molar-refractivity contribution is -0.119. The highest BCUT2D eigenvalue weighted by Gasteiger charge is 2.17. The first-order chi connectivity index (χ1) is 15.4. The molecule has 32 heavy (non-hydrogen) atoms. The van der Waals surface area contributed by atoms with E-state index >= 15 is 0 Å². The predicted octanol–water partition coefficient (Wildman–Crippen LogP) is 4.14. The van der Waals surface area contributed by atoms with E-state index in [0.29, 0.717) is 16.9 Å². The molecular weight excluding hydrogens is 404 g/mol. The SMILES string of the molecule is Cc1cccc(-n2ncc(C(=O)Nc3cccc(NC(=O)C(C)n4cccn4)c3)c2C)c1. The Morgan fingerprint density at radius 2 is 1.69 bits per heavy atom. The van der Waals surface area contributed by atoms with Crippen molar-refractivity contribution in [3.8, 4) is 5.69 Å². The van der Waals surface area contributed by atoms with Crippen LogP contribution in [0.25, 0.3) is 5.69 Å². The standard InChI is InChI=1S/C24H24N6O2/c1-16-7-4-10-21(13-16)30-17(2)22(15-26-30)24(32)28-20-9-5-8-19(14-20)27-23(31)18(3)29-12-6-11-25-29/h4-15,18H,1-3H3,(H,27,31)(H,28,32). The molecule has 2 aromatic carbocycles. The molecular formula is C24H24N6O2. The normalized spacial score (nSPS) is 11.7. The van der Waals surface area contributed by atoms with Crippen molar-refractivity contribution in [2.24, 2.45) is 0 Å². The van der Waals surface area contributed by atoms with Gasteiger partial charge in [0.15, 0.2) is 0 Å². The molecule has 4 aromatic rings. The minimum atomic E-state index is -0.460. The van der Waals surface area contributed by atoms with Gasteiger partial charge in [-0.25, -0.2) is 4.68 Å². The van der Waals surface area contributed by atoms with Crippen LogP contribution in [0.5, 0.6) is 0 Å². The maximum atomic E-state index is 12.9. The zero-order valence-electron chi connectivity index (χ0n) is 18.1. The lowest BCUT2D eigenvalue weighted by atomic mass is 10.2. The molecule has 2 heterocycles. The number of aromatic nitrogens is 4. The second-order valence-corrected chi connectivity index (χ2v) is 7.58. The van der Waals surface area contributed by atoms with E-state index in [0.717, 1.165) is 16.9 Å². The number of nitrogens with zero attached hydrogens (tertiary/aromatic N) is 4. The van der Waals surface area contributed by atoms with Crippen LogP contribution in [0.2, 0.25) is 0 Å². The van der Waals surface area contributed by atoms with Gasteiger partial charge in [-0.1, -0.05) is 18.2 Å². The molecule has 162 valence electrons. The summed E-state index contributed by atoms with van der Waals surface area (Å²) in [6.07, 6.45) is 4.92. The number of hydrogen-bond donors (Lipinski definition) is 2. The number of hydrogen-bond acceptors (Lipinski definition) is 4. The molecule has 0 saturated carbocycles. The number of carbonyl (C=O) groups is 2. The Labute approximate surface area is 185 Å². The molecule has 0 fully saturated rings. The Kier molecular flexibility index (Phi) is 5.85. The summed E-state index contributed by atoms with van der Waals surface area (Å²) in [6.45, 7) is 5.64. The number of amides is 2. The third-order valence-electron chi connectivity index (χ3n) is 5.19. The molecule has 8 nitrogen and oxygen atoms in total. The first-order valence-electron chi connectivity index (χ1n) is 10.3. The Hall–Kier alpha value is -4.20. The smallest absolute Gasteiger partial charge is 0.259 e. The third-order valence-corrected chi connectivity index (χ3v) is 5.19. The second kappa shape index (κ2) is 8.89. The highest BCUT2D eigenvalue weighted by molar-refractivity contribution is 6.05. The van der Waals surface area contributed by atoms with E-state index in [1.807, 2.05) is 38.1 Å². The fourth-order valence-corrected chi connectivity index (χ4v) is 3.40. The van der Waals surface area contributed by atoms with Gasteiger partial charge < -0.3 is 10.6 Å². The van der Waals surface area contributed by atoms with Crippen molar-refractivity contribution in [1.29, 1.82) is 0 Å². The molecule has 2 amide bonds. The molecule has 2 N–H and O–H groups in total. The fraction of sp³-hybridized carbons (Fsp3) is 0.167. The Morgan fingerprint density at radius 3 is 2.41 bits per heavy atom. The molecule has 0 aliphatic heterocycles. The van der Waals surface area contributed by atoms with Crippen molar-refractivity contribution in [3.05, 3.63) is 90.0 Å². The molecule has 2 aromatic heterocycles. The molecule has 1 atom stereocenters. The van der Waals surface area contributed by atoms with E-state index in [9.17, 15) is 9.59 Å². The quantitative estimate of drug-likeness (QED) is 0.483. The van der Waals surface area contributed by atoms with Crippen LogP contribution >= 0.6 is 0 Å². The summed E-state index contributed by atoms with van der Waals surface area (Å²) in [5.41, 5.74) is 4.39. The van der Waals surface area contributed by atoms with E-state index in [2.05, 4.69) is 20.8 Å². The van der Waals surface area contributed by atoms with Gasteiger partial charge in [-0.05, 0) is 62.7 Å². The van der Waals surface area contributed by atoms with E-state index in [1.165, 1.54) is 0 Å². The zero-order valence-corrected chi connectivity index (χ0v) is 18.1. The number of anilines is 2. The van der Waals surface area contributed by atoms with Gasteiger partial charge >= 0.3 is 0 Å². The van der Waals surface area contributed by atoms with Crippen molar-refractivity contribution < 1.29 is 9.59 Å². The third kappa shape index (κ3) is 4.44. The second-order valence-electron chi connectivity index (χ2n) is 7.58. The van der Waals surface area contributed by atoms with Crippen LogP contribution in [-0.4, -0.2) is 31.4 Å². The van der Waals surface area contributed by atoms with Gasteiger partial charge in [0.2, 0.25) is 5.91 Å². The van der Waals surface area contributed by atoms with E-state index in [4.69, 9.17) is 0 Å². The van der Waals surface area contributed by atoms with Gasteiger partial charge in [0.25, 0.3) is 5.91 Å². The fourth-order valence-electron chi connectivity index (χ4n) is 3.40. The summed E-state index contributed by atoms with van der Waals surface area (Å²) in [4.78, 5) is 25.4. The zero-order chi connectivity index (χ0) is 22.7. The summed E-state index contributed by atoms with van der Waals surface area (Å²) < 4.78 is 3.32. The maximum absolute atomic E-state index is 12.9. The van der Waals surface area contributed by atoms with Gasteiger partial charge in [-0.15, -0.1) is 0 Å². The first-order valence-corrected chi connectivity index (χ1v) is 10.3. The summed E-state index contributed by atoms with van der Waals surface area (Å²) in [7, 11) is 0. The summed E-state index contributed by atoms with van der Waals surface area (Å²) in [5.74, 6) is -0.470. The number of carbonyl (C=O) groups excluding carboxylic acids is 2. The highest BCUT2D eigenvalue weighted by Crippen LogP contribution is 2.20. The molecule has 8 heteroatoms. The van der Waals surface area contributed by atoms with Crippen molar-refractivity contribution in [1.82, 2.24) is 19.6 Å². The van der Waals surface area contributed by atoms with Gasteiger partial charge in [-0.3, -0.25) is 14.3 Å². The first kappa shape index (κ1) is 21.0. The molecule has 0 radical (unpaired) electrons. The van der Waals surface area contributed by atoms with Crippen molar-refractivity contribution >= 4 is 23.2 Å². The van der Waals surface area contributed by atoms with Crippen LogP contribution < -0.4 is 10.6 Å². The number of nitrogens with one attached hydrogen (secondary N) is 2. The lowest BCUT2D eigenvalue weighted by Gasteiger charge is -2.13. The van der Waals surface area contributed by atoms with E-state index < -0.39 is 6.04 Å². The van der Waals surface area contributed by atoms with E-state index in [1.54, 1.807) is 65.2 Å². The van der Waals surface area contributed by atoms with E-state index in [-0.39, 0.29) is 11.8 Å². The average Bonchev–Trinajstić information content (AvgIpc) is 3.43. The molecule has 1 unspecified atom stereocenters. The number of rotatable bonds is 6. The molecule has 0 saturated heterocycles. The number of benzene rings is 2. The van der Waals surface area contributed by atoms with Crippen LogP contribution in [0.3, 0.4) is 0 Å². The minimum absolute atomic E-state index is 0.201. The van der Waals surface area contributed by atoms with Crippen LogP contribution in [0.15, 0.2) is 73.2 Å². The van der Waals surface area contributed by atoms with Crippen LogP contribution in [0.4, 0.5) is 11.4 Å². The number of aryl methyl sites for hydroxylation is 1. The monoisotopic (exact) mass is 428 g/mol. The van der Waals surface area contributed by atoms with Crippen LogP contribution in [0, 0.1) is 13.8 Å². The Balaban J connectivity index is 1.47. The van der Waals surface area contributed by atoms with Crippen molar-refractivity contribution in [3.63, 3.8) is 0 Å². The van der Waals surface area contributed by atoms with Gasteiger partial charge in [-0.2, -0.15) is 10.2 Å². The molecule has 0 spiro atoms. The Bertz CT molecular complexity index is 1260. The molecule has 0 aliphatic carbocycles. The summed E-state index contributed by atoms with van der Waals surface area (Å²) in [5, 5.41) is 14.2. The predicted molar refractivity (Wildman–Crippen MR) is 123 cm³/mol.